The number of amides is 1. The number of hydrogen-bond acceptors (Lipinski definition) is 5. The number of anilines is 1. The molecular formula is C25H26F3N3O2S. The first kappa shape index (κ1) is 24.2. The van der Waals surface area contributed by atoms with E-state index in [1.165, 1.54) is 12.1 Å². The SMILES string of the molecule is CC(=O)N(c1ccccc1)C1(c2nc(C)cs2)CCN(Cc2ccc(OC(F)(F)F)cc2)CC1. The average Bonchev–Trinajstić information content (AvgIpc) is 3.23. The summed E-state index contributed by atoms with van der Waals surface area (Å²) < 4.78 is 41.2. The van der Waals surface area contributed by atoms with Gasteiger partial charge in [0.1, 0.15) is 16.3 Å². The number of hydrogen-bond donors (Lipinski definition) is 0. The van der Waals surface area contributed by atoms with Gasteiger partial charge in [0.15, 0.2) is 0 Å². The van der Waals surface area contributed by atoms with Gasteiger partial charge in [0, 0.05) is 43.3 Å². The summed E-state index contributed by atoms with van der Waals surface area (Å²) in [6.07, 6.45) is -3.30. The summed E-state index contributed by atoms with van der Waals surface area (Å²) >= 11 is 1.58. The molecule has 0 unspecified atom stereocenters. The molecule has 1 amide bonds. The van der Waals surface area contributed by atoms with Crippen molar-refractivity contribution in [3.8, 4) is 5.75 Å². The molecule has 4 rings (SSSR count). The van der Waals surface area contributed by atoms with Gasteiger partial charge in [-0.2, -0.15) is 0 Å². The van der Waals surface area contributed by atoms with Gasteiger partial charge < -0.3 is 4.74 Å². The zero-order valence-corrected chi connectivity index (χ0v) is 19.8. The summed E-state index contributed by atoms with van der Waals surface area (Å²) in [5.41, 5.74) is 2.13. The number of piperidine rings is 1. The maximum Gasteiger partial charge on any atom is 0.573 e. The minimum absolute atomic E-state index is 0.0345. The molecule has 1 aromatic heterocycles. The number of ether oxygens (including phenoxy) is 1. The highest BCUT2D eigenvalue weighted by atomic mass is 32.1. The van der Waals surface area contributed by atoms with E-state index in [4.69, 9.17) is 4.98 Å². The molecule has 180 valence electrons. The number of benzene rings is 2. The fourth-order valence-corrected chi connectivity index (χ4v) is 5.59. The van der Waals surface area contributed by atoms with Crippen molar-refractivity contribution in [1.82, 2.24) is 9.88 Å². The van der Waals surface area contributed by atoms with Crippen molar-refractivity contribution in [2.45, 2.75) is 45.1 Å². The molecule has 0 bridgehead atoms. The Hall–Kier alpha value is -2.91. The van der Waals surface area contributed by atoms with Crippen molar-refractivity contribution < 1.29 is 22.7 Å². The van der Waals surface area contributed by atoms with Crippen molar-refractivity contribution >= 4 is 22.9 Å². The van der Waals surface area contributed by atoms with Crippen LogP contribution in [0.25, 0.3) is 0 Å². The quantitative estimate of drug-likeness (QED) is 0.433. The topological polar surface area (TPSA) is 45.7 Å². The van der Waals surface area contributed by atoms with E-state index in [1.54, 1.807) is 30.4 Å². The molecule has 2 aromatic carbocycles. The summed E-state index contributed by atoms with van der Waals surface area (Å²) in [7, 11) is 0. The molecule has 1 aliphatic rings. The Morgan fingerprint density at radius 3 is 2.29 bits per heavy atom. The third kappa shape index (κ3) is 5.42. The van der Waals surface area contributed by atoms with Crippen molar-refractivity contribution in [2.24, 2.45) is 0 Å². The highest BCUT2D eigenvalue weighted by Gasteiger charge is 2.45. The number of alkyl halides is 3. The van der Waals surface area contributed by atoms with Crippen molar-refractivity contribution in [3.63, 3.8) is 0 Å². The predicted octanol–water partition coefficient (Wildman–Crippen LogP) is 5.89. The maximum atomic E-state index is 12.9. The van der Waals surface area contributed by atoms with E-state index >= 15 is 0 Å². The number of carbonyl (C=O) groups is 1. The zero-order chi connectivity index (χ0) is 24.3. The van der Waals surface area contributed by atoms with Crippen LogP contribution in [0.3, 0.4) is 0 Å². The molecule has 34 heavy (non-hydrogen) atoms. The fourth-order valence-electron chi connectivity index (χ4n) is 4.54. The van der Waals surface area contributed by atoms with Gasteiger partial charge in [-0.1, -0.05) is 30.3 Å². The van der Waals surface area contributed by atoms with Gasteiger partial charge in [-0.3, -0.25) is 14.6 Å². The lowest BCUT2D eigenvalue weighted by Crippen LogP contribution is -2.55. The van der Waals surface area contributed by atoms with E-state index in [-0.39, 0.29) is 11.7 Å². The van der Waals surface area contributed by atoms with E-state index in [2.05, 4.69) is 9.64 Å². The lowest BCUT2D eigenvalue weighted by Gasteiger charge is -2.47. The molecule has 2 heterocycles. The Labute approximate surface area is 200 Å². The van der Waals surface area contributed by atoms with Crippen LogP contribution >= 0.6 is 11.3 Å². The normalized spacial score (nSPS) is 16.3. The van der Waals surface area contributed by atoms with Crippen LogP contribution in [0.5, 0.6) is 5.75 Å². The highest BCUT2D eigenvalue weighted by molar-refractivity contribution is 7.09. The molecule has 0 atom stereocenters. The number of thiazole rings is 1. The number of aromatic nitrogens is 1. The van der Waals surface area contributed by atoms with Crippen molar-refractivity contribution in [2.75, 3.05) is 18.0 Å². The Morgan fingerprint density at radius 1 is 1.12 bits per heavy atom. The number of nitrogens with zero attached hydrogens (tertiary/aromatic N) is 3. The Kier molecular flexibility index (Phi) is 6.95. The van der Waals surface area contributed by atoms with Crippen LogP contribution in [-0.4, -0.2) is 35.2 Å². The second kappa shape index (κ2) is 9.76. The van der Waals surface area contributed by atoms with Crippen LogP contribution in [0, 0.1) is 6.92 Å². The molecule has 3 aromatic rings. The molecule has 1 saturated heterocycles. The Bertz CT molecular complexity index is 1110. The van der Waals surface area contributed by atoms with Gasteiger partial charge in [0.05, 0.1) is 0 Å². The first-order valence-corrected chi connectivity index (χ1v) is 11.9. The summed E-state index contributed by atoms with van der Waals surface area (Å²) in [5, 5.41) is 2.94. The van der Waals surface area contributed by atoms with E-state index < -0.39 is 11.9 Å². The van der Waals surface area contributed by atoms with Crippen LogP contribution in [0.4, 0.5) is 18.9 Å². The number of rotatable bonds is 6. The number of halogens is 3. The molecule has 0 saturated carbocycles. The summed E-state index contributed by atoms with van der Waals surface area (Å²) in [4.78, 5) is 21.8. The third-order valence-electron chi connectivity index (χ3n) is 6.02. The molecule has 5 nitrogen and oxygen atoms in total. The van der Waals surface area contributed by atoms with Crippen molar-refractivity contribution in [1.29, 1.82) is 0 Å². The molecule has 0 aliphatic carbocycles. The van der Waals surface area contributed by atoms with Gasteiger partial charge in [-0.25, -0.2) is 4.98 Å². The van der Waals surface area contributed by atoms with Crippen LogP contribution in [0.1, 0.15) is 36.0 Å². The zero-order valence-electron chi connectivity index (χ0n) is 19.0. The molecule has 0 radical (unpaired) electrons. The van der Waals surface area contributed by atoms with Gasteiger partial charge >= 0.3 is 6.36 Å². The lowest BCUT2D eigenvalue weighted by atomic mass is 9.85. The molecule has 9 heteroatoms. The van der Waals surface area contributed by atoms with Crippen molar-refractivity contribution in [3.05, 3.63) is 76.2 Å². The first-order valence-electron chi connectivity index (χ1n) is 11.0. The lowest BCUT2D eigenvalue weighted by molar-refractivity contribution is -0.274. The monoisotopic (exact) mass is 489 g/mol. The minimum atomic E-state index is -4.70. The van der Waals surface area contributed by atoms with Crippen LogP contribution in [-0.2, 0) is 16.9 Å². The van der Waals surface area contributed by atoms with E-state index in [1.807, 2.05) is 47.5 Å². The van der Waals surface area contributed by atoms with E-state index in [0.29, 0.717) is 19.4 Å². The molecule has 1 fully saturated rings. The van der Waals surface area contributed by atoms with Gasteiger partial charge in [0.2, 0.25) is 5.91 Å². The summed E-state index contributed by atoms with van der Waals surface area (Å²) in [5.74, 6) is -0.263. The largest absolute Gasteiger partial charge is 0.573 e. The Morgan fingerprint density at radius 2 is 1.76 bits per heavy atom. The number of likely N-dealkylation sites (tertiary alicyclic amines) is 1. The fraction of sp³-hybridized carbons (Fsp3) is 0.360. The standard InChI is InChI=1S/C25H26F3N3O2S/c1-18-17-34-23(29-18)24(31(19(2)32)21-6-4-3-5-7-21)12-14-30(15-13-24)16-20-8-10-22(11-9-20)33-25(26,27)28/h3-11,17H,12-16H2,1-2H3. The maximum absolute atomic E-state index is 12.9. The molecular weight excluding hydrogens is 463 g/mol. The first-order chi connectivity index (χ1) is 16.2. The predicted molar refractivity (Wildman–Crippen MR) is 126 cm³/mol. The van der Waals surface area contributed by atoms with E-state index in [0.717, 1.165) is 35.0 Å². The van der Waals surface area contributed by atoms with Crippen LogP contribution < -0.4 is 9.64 Å². The summed E-state index contributed by atoms with van der Waals surface area (Å²) in [6, 6.07) is 15.6. The smallest absolute Gasteiger partial charge is 0.406 e. The average molecular weight is 490 g/mol. The van der Waals surface area contributed by atoms with Crippen LogP contribution in [0.2, 0.25) is 0 Å². The van der Waals surface area contributed by atoms with E-state index in [9.17, 15) is 18.0 Å². The number of para-hydroxylation sites is 1. The number of carbonyl (C=O) groups excluding carboxylic acids is 1. The molecule has 0 spiro atoms. The Balaban J connectivity index is 1.54. The third-order valence-corrected chi connectivity index (χ3v) is 7.17. The van der Waals surface area contributed by atoms with Gasteiger partial charge in [-0.15, -0.1) is 24.5 Å². The summed E-state index contributed by atoms with van der Waals surface area (Å²) in [6.45, 7) is 5.58. The highest BCUT2D eigenvalue weighted by Crippen LogP contribution is 2.43. The minimum Gasteiger partial charge on any atom is -0.406 e. The molecule has 1 aliphatic heterocycles. The van der Waals surface area contributed by atoms with Gasteiger partial charge in [0.25, 0.3) is 0 Å². The second-order valence-corrected chi connectivity index (χ2v) is 9.34. The number of aryl methyl sites for hydroxylation is 1. The molecule has 0 N–H and O–H groups in total. The second-order valence-electron chi connectivity index (χ2n) is 8.48. The van der Waals surface area contributed by atoms with Crippen LogP contribution in [0.15, 0.2) is 60.0 Å². The van der Waals surface area contributed by atoms with Gasteiger partial charge in [-0.05, 0) is 49.6 Å².